The van der Waals surface area contributed by atoms with Crippen molar-refractivity contribution in [1.82, 2.24) is 5.32 Å². The number of alkyl halides is 2. The summed E-state index contributed by atoms with van der Waals surface area (Å²) >= 11 is 0. The van der Waals surface area contributed by atoms with Gasteiger partial charge in [-0.05, 0) is 37.8 Å². The van der Waals surface area contributed by atoms with Gasteiger partial charge in [0.2, 0.25) is 5.91 Å². The molecule has 2 aliphatic rings. The second kappa shape index (κ2) is 6.50. The third kappa shape index (κ3) is 3.87. The van der Waals surface area contributed by atoms with Gasteiger partial charge in [-0.25, -0.2) is 0 Å². The molecule has 120 valence electrons. The van der Waals surface area contributed by atoms with Gasteiger partial charge in [-0.3, -0.25) is 4.79 Å². The molecule has 0 aromatic heterocycles. The molecular formula is C16H20F2N2O2. The van der Waals surface area contributed by atoms with Crippen LogP contribution in [0.3, 0.4) is 0 Å². The van der Waals surface area contributed by atoms with Crippen LogP contribution in [-0.4, -0.2) is 31.7 Å². The summed E-state index contributed by atoms with van der Waals surface area (Å²) < 4.78 is 29.0. The third-order valence-electron chi connectivity index (χ3n) is 4.12. The molecule has 0 spiro atoms. The second-order valence-electron chi connectivity index (χ2n) is 5.94. The first-order valence-electron chi connectivity index (χ1n) is 7.72. The SMILES string of the molecule is O=C(N[C@H]1CCCN(c2cccc(OC(F)F)c2)C1)C1CC1. The molecule has 1 atom stereocenters. The highest BCUT2D eigenvalue weighted by Crippen LogP contribution is 2.30. The van der Waals surface area contributed by atoms with Crippen LogP contribution in [0.5, 0.6) is 5.75 Å². The Morgan fingerprint density at radius 3 is 2.86 bits per heavy atom. The summed E-state index contributed by atoms with van der Waals surface area (Å²) in [6.45, 7) is -1.26. The topological polar surface area (TPSA) is 41.6 Å². The van der Waals surface area contributed by atoms with Crippen LogP contribution in [0.25, 0.3) is 0 Å². The summed E-state index contributed by atoms with van der Waals surface area (Å²) in [5.41, 5.74) is 0.850. The lowest BCUT2D eigenvalue weighted by molar-refractivity contribution is -0.123. The molecule has 2 fully saturated rings. The molecule has 6 heteroatoms. The number of rotatable bonds is 5. The number of hydrogen-bond donors (Lipinski definition) is 1. The van der Waals surface area contributed by atoms with Crippen molar-refractivity contribution in [3.05, 3.63) is 24.3 Å². The molecule has 1 aromatic carbocycles. The van der Waals surface area contributed by atoms with Crippen molar-refractivity contribution in [2.24, 2.45) is 5.92 Å². The van der Waals surface area contributed by atoms with Gasteiger partial charge in [-0.2, -0.15) is 8.78 Å². The van der Waals surface area contributed by atoms with E-state index in [9.17, 15) is 13.6 Å². The quantitative estimate of drug-likeness (QED) is 0.909. The number of carbonyl (C=O) groups is 1. The Balaban J connectivity index is 1.62. The van der Waals surface area contributed by atoms with E-state index in [2.05, 4.69) is 15.0 Å². The number of carbonyl (C=O) groups excluding carboxylic acids is 1. The fourth-order valence-corrected chi connectivity index (χ4v) is 2.85. The average molecular weight is 310 g/mol. The van der Waals surface area contributed by atoms with Crippen molar-refractivity contribution >= 4 is 11.6 Å². The summed E-state index contributed by atoms with van der Waals surface area (Å²) in [5, 5.41) is 3.10. The Morgan fingerprint density at radius 2 is 2.14 bits per heavy atom. The van der Waals surface area contributed by atoms with Gasteiger partial charge >= 0.3 is 6.61 Å². The number of ether oxygens (including phenoxy) is 1. The van der Waals surface area contributed by atoms with Crippen molar-refractivity contribution < 1.29 is 18.3 Å². The van der Waals surface area contributed by atoms with E-state index in [1.165, 1.54) is 6.07 Å². The molecule has 0 bridgehead atoms. The summed E-state index contributed by atoms with van der Waals surface area (Å²) in [4.78, 5) is 14.0. The maximum atomic E-state index is 12.3. The Labute approximate surface area is 128 Å². The van der Waals surface area contributed by atoms with Gasteiger partial charge in [0.15, 0.2) is 0 Å². The lowest BCUT2D eigenvalue weighted by Gasteiger charge is -2.35. The van der Waals surface area contributed by atoms with Gasteiger partial charge in [0.05, 0.1) is 0 Å². The van der Waals surface area contributed by atoms with Crippen LogP contribution in [0.15, 0.2) is 24.3 Å². The number of hydrogen-bond acceptors (Lipinski definition) is 3. The first-order chi connectivity index (χ1) is 10.6. The van der Waals surface area contributed by atoms with Crippen LogP contribution in [-0.2, 0) is 4.79 Å². The predicted molar refractivity (Wildman–Crippen MR) is 79.2 cm³/mol. The number of nitrogens with zero attached hydrogens (tertiary/aromatic N) is 1. The monoisotopic (exact) mass is 310 g/mol. The van der Waals surface area contributed by atoms with Crippen LogP contribution in [0.1, 0.15) is 25.7 Å². The van der Waals surface area contributed by atoms with Crippen molar-refractivity contribution in [2.75, 3.05) is 18.0 Å². The van der Waals surface area contributed by atoms with Crippen LogP contribution >= 0.6 is 0 Å². The van der Waals surface area contributed by atoms with Gasteiger partial charge in [-0.1, -0.05) is 6.07 Å². The summed E-state index contributed by atoms with van der Waals surface area (Å²) in [6.07, 6.45) is 3.92. The minimum Gasteiger partial charge on any atom is -0.435 e. The molecule has 1 aromatic rings. The molecule has 3 rings (SSSR count). The Kier molecular flexibility index (Phi) is 4.45. The maximum absolute atomic E-state index is 12.3. The van der Waals surface area contributed by atoms with Gasteiger partial charge in [0.1, 0.15) is 5.75 Å². The molecule has 4 nitrogen and oxygen atoms in total. The highest BCUT2D eigenvalue weighted by Gasteiger charge is 2.32. The van der Waals surface area contributed by atoms with Crippen LogP contribution < -0.4 is 15.0 Å². The van der Waals surface area contributed by atoms with Crippen molar-refractivity contribution in [1.29, 1.82) is 0 Å². The summed E-state index contributed by atoms with van der Waals surface area (Å²) in [5.74, 6) is 0.524. The highest BCUT2D eigenvalue weighted by atomic mass is 19.3. The normalized spacial score (nSPS) is 21.8. The molecule has 22 heavy (non-hydrogen) atoms. The molecule has 1 amide bonds. The fourth-order valence-electron chi connectivity index (χ4n) is 2.85. The predicted octanol–water partition coefficient (Wildman–Crippen LogP) is 2.78. The number of halogens is 2. The Bertz CT molecular complexity index is 535. The lowest BCUT2D eigenvalue weighted by atomic mass is 10.0. The number of benzene rings is 1. The highest BCUT2D eigenvalue weighted by molar-refractivity contribution is 5.81. The van der Waals surface area contributed by atoms with Crippen molar-refractivity contribution in [3.8, 4) is 5.75 Å². The van der Waals surface area contributed by atoms with E-state index in [1.54, 1.807) is 12.1 Å². The maximum Gasteiger partial charge on any atom is 0.387 e. The number of nitrogens with one attached hydrogen (secondary N) is 1. The smallest absolute Gasteiger partial charge is 0.387 e. The van der Waals surface area contributed by atoms with Crippen molar-refractivity contribution in [2.45, 2.75) is 38.3 Å². The number of piperidine rings is 1. The first-order valence-corrected chi connectivity index (χ1v) is 7.72. The first kappa shape index (κ1) is 15.1. The third-order valence-corrected chi connectivity index (χ3v) is 4.12. The van der Waals surface area contributed by atoms with Gasteiger partial charge in [0, 0.05) is 36.8 Å². The molecule has 1 heterocycles. The van der Waals surface area contributed by atoms with Crippen LogP contribution in [0.4, 0.5) is 14.5 Å². The number of amides is 1. The lowest BCUT2D eigenvalue weighted by Crippen LogP contribution is -2.48. The summed E-state index contributed by atoms with van der Waals surface area (Å²) in [6, 6.07) is 6.85. The zero-order valence-corrected chi connectivity index (χ0v) is 12.3. The second-order valence-corrected chi connectivity index (χ2v) is 5.94. The standard InChI is InChI=1S/C16H20F2N2O2/c17-16(18)22-14-5-1-4-13(9-14)20-8-2-3-12(10-20)19-15(21)11-6-7-11/h1,4-5,9,11-12,16H,2-3,6-8,10H2,(H,19,21)/t12-/m0/s1. The molecule has 0 unspecified atom stereocenters. The van der Waals surface area contributed by atoms with Crippen LogP contribution in [0.2, 0.25) is 0 Å². The van der Waals surface area contributed by atoms with E-state index in [4.69, 9.17) is 0 Å². The minimum atomic E-state index is -2.82. The number of anilines is 1. The Hall–Kier alpha value is -1.85. The molecule has 1 aliphatic heterocycles. The average Bonchev–Trinajstić information content (AvgIpc) is 3.32. The molecular weight excluding hydrogens is 290 g/mol. The van der Waals surface area contributed by atoms with E-state index >= 15 is 0 Å². The summed E-state index contributed by atoms with van der Waals surface area (Å²) in [7, 11) is 0. The minimum absolute atomic E-state index is 0.126. The van der Waals surface area contributed by atoms with Crippen LogP contribution in [0, 0.1) is 5.92 Å². The van der Waals surface area contributed by atoms with E-state index in [0.717, 1.165) is 37.9 Å². The van der Waals surface area contributed by atoms with E-state index in [-0.39, 0.29) is 23.6 Å². The van der Waals surface area contributed by atoms with Gasteiger partial charge in [0.25, 0.3) is 0 Å². The zero-order valence-electron chi connectivity index (χ0n) is 12.3. The molecule has 1 N–H and O–H groups in total. The molecule has 1 saturated carbocycles. The van der Waals surface area contributed by atoms with Crippen molar-refractivity contribution in [3.63, 3.8) is 0 Å². The molecule has 1 saturated heterocycles. The molecule has 0 radical (unpaired) electrons. The zero-order chi connectivity index (χ0) is 15.5. The van der Waals surface area contributed by atoms with E-state index < -0.39 is 6.61 Å². The van der Waals surface area contributed by atoms with Gasteiger partial charge < -0.3 is 15.0 Å². The molecule has 1 aliphatic carbocycles. The van der Waals surface area contributed by atoms with E-state index in [1.807, 2.05) is 6.07 Å². The van der Waals surface area contributed by atoms with E-state index in [0.29, 0.717) is 6.54 Å². The van der Waals surface area contributed by atoms with Gasteiger partial charge in [-0.15, -0.1) is 0 Å². The fraction of sp³-hybridized carbons (Fsp3) is 0.562. The Morgan fingerprint density at radius 1 is 1.32 bits per heavy atom. The largest absolute Gasteiger partial charge is 0.435 e.